The van der Waals surface area contributed by atoms with Crippen LogP contribution in [0.5, 0.6) is 0 Å². The molecule has 0 saturated carbocycles. The van der Waals surface area contributed by atoms with E-state index in [-0.39, 0.29) is 0 Å². The highest BCUT2D eigenvalue weighted by atomic mass is 79.9. The van der Waals surface area contributed by atoms with Crippen molar-refractivity contribution in [2.75, 3.05) is 32.7 Å². The van der Waals surface area contributed by atoms with Gasteiger partial charge in [-0.2, -0.15) is 4.31 Å². The fourth-order valence-electron chi connectivity index (χ4n) is 2.48. The molecule has 0 unspecified atom stereocenters. The summed E-state index contributed by atoms with van der Waals surface area (Å²) >= 11 is 9.29. The normalized spacial score (nSPS) is 18.1. The quantitative estimate of drug-likeness (QED) is 0.736. The Morgan fingerprint density at radius 2 is 1.86 bits per heavy atom. The summed E-state index contributed by atoms with van der Waals surface area (Å²) in [5.74, 6) is 0.297. The summed E-state index contributed by atoms with van der Waals surface area (Å²) in [7, 11) is -3.46. The van der Waals surface area contributed by atoms with Gasteiger partial charge in [0.15, 0.2) is 0 Å². The van der Waals surface area contributed by atoms with Gasteiger partial charge in [0.25, 0.3) is 0 Å². The number of alkyl halides is 1. The van der Waals surface area contributed by atoms with E-state index < -0.39 is 10.0 Å². The van der Waals surface area contributed by atoms with Gasteiger partial charge in [0.05, 0.1) is 4.90 Å². The molecule has 0 N–H and O–H groups in total. The maximum Gasteiger partial charge on any atom is 0.243 e. The van der Waals surface area contributed by atoms with Crippen LogP contribution in [-0.2, 0) is 15.9 Å². The summed E-state index contributed by atoms with van der Waals surface area (Å²) in [6.45, 7) is 7.51. The zero-order valence-corrected chi connectivity index (χ0v) is 15.4. The fraction of sp³-hybridized carbons (Fsp3) is 0.571. The number of likely N-dealkylation sites (N-methyl/N-ethyl adjacent to an activating group) is 1. The highest BCUT2D eigenvalue weighted by Crippen LogP contribution is 2.29. The second-order valence-corrected chi connectivity index (χ2v) is 8.20. The molecule has 1 aromatic carbocycles. The SMILES string of the molecule is CCN1CCN(S(=O)(=O)c2cc(CCl)cc(Br)c2C)CC1. The first kappa shape index (κ1) is 17.2. The Labute approximate surface area is 140 Å². The molecule has 0 aromatic heterocycles. The monoisotopic (exact) mass is 394 g/mol. The van der Waals surface area contributed by atoms with Crippen molar-refractivity contribution in [3.63, 3.8) is 0 Å². The molecular weight excluding hydrogens is 376 g/mol. The minimum atomic E-state index is -3.46. The smallest absolute Gasteiger partial charge is 0.243 e. The number of hydrogen-bond donors (Lipinski definition) is 0. The predicted octanol–water partition coefficient (Wildman–Crippen LogP) is 2.82. The summed E-state index contributed by atoms with van der Waals surface area (Å²) in [6.07, 6.45) is 0. The van der Waals surface area contributed by atoms with Gasteiger partial charge in [-0.3, -0.25) is 0 Å². The summed E-state index contributed by atoms with van der Waals surface area (Å²) < 4.78 is 28.1. The van der Waals surface area contributed by atoms with Gasteiger partial charge in [-0.25, -0.2) is 8.42 Å². The first-order chi connectivity index (χ1) is 9.90. The number of hydrogen-bond acceptors (Lipinski definition) is 3. The third-order valence-corrected chi connectivity index (χ3v) is 7.06. The van der Waals surface area contributed by atoms with Crippen molar-refractivity contribution < 1.29 is 8.42 Å². The molecule has 1 aliphatic rings. The van der Waals surface area contributed by atoms with Gasteiger partial charge in [0, 0.05) is 36.5 Å². The van der Waals surface area contributed by atoms with Crippen molar-refractivity contribution in [2.45, 2.75) is 24.6 Å². The van der Waals surface area contributed by atoms with E-state index in [4.69, 9.17) is 11.6 Å². The molecule has 0 bridgehead atoms. The summed E-state index contributed by atoms with van der Waals surface area (Å²) in [5, 5.41) is 0. The zero-order valence-electron chi connectivity index (χ0n) is 12.3. The Balaban J connectivity index is 2.34. The highest BCUT2D eigenvalue weighted by Gasteiger charge is 2.30. The number of rotatable bonds is 4. The van der Waals surface area contributed by atoms with Crippen LogP contribution in [0, 0.1) is 6.92 Å². The van der Waals surface area contributed by atoms with Gasteiger partial charge < -0.3 is 4.90 Å². The highest BCUT2D eigenvalue weighted by molar-refractivity contribution is 9.10. The standard InChI is InChI=1S/C14H20BrClN2O2S/c1-3-17-4-6-18(7-5-17)21(19,20)14-9-12(10-16)8-13(15)11(14)2/h8-9H,3-7,10H2,1-2H3. The summed E-state index contributed by atoms with van der Waals surface area (Å²) in [6, 6.07) is 3.56. The molecular formula is C14H20BrClN2O2S. The molecule has 21 heavy (non-hydrogen) atoms. The largest absolute Gasteiger partial charge is 0.301 e. The van der Waals surface area contributed by atoms with Crippen LogP contribution in [0.25, 0.3) is 0 Å². The topological polar surface area (TPSA) is 40.6 Å². The molecule has 1 aromatic rings. The van der Waals surface area contributed by atoms with E-state index in [0.29, 0.717) is 23.9 Å². The average Bonchev–Trinajstić information content (AvgIpc) is 2.49. The van der Waals surface area contributed by atoms with E-state index in [1.165, 1.54) is 0 Å². The number of sulfonamides is 1. The lowest BCUT2D eigenvalue weighted by Gasteiger charge is -2.33. The summed E-state index contributed by atoms with van der Waals surface area (Å²) in [4.78, 5) is 2.61. The maximum atomic E-state index is 12.9. The van der Waals surface area contributed by atoms with Crippen LogP contribution in [0.15, 0.2) is 21.5 Å². The fourth-order valence-corrected chi connectivity index (χ4v) is 4.99. The zero-order chi connectivity index (χ0) is 15.6. The van der Waals surface area contributed by atoms with Crippen molar-refractivity contribution in [1.29, 1.82) is 0 Å². The first-order valence-electron chi connectivity index (χ1n) is 6.97. The Hall–Kier alpha value is -0.140. The molecule has 118 valence electrons. The van der Waals surface area contributed by atoms with E-state index in [1.54, 1.807) is 10.4 Å². The van der Waals surface area contributed by atoms with E-state index in [1.807, 2.05) is 13.0 Å². The van der Waals surface area contributed by atoms with Crippen LogP contribution in [0.2, 0.25) is 0 Å². The van der Waals surface area contributed by atoms with Gasteiger partial charge in [0.2, 0.25) is 10.0 Å². The maximum absolute atomic E-state index is 12.9. The van der Waals surface area contributed by atoms with Gasteiger partial charge in [-0.1, -0.05) is 22.9 Å². The van der Waals surface area contributed by atoms with Crippen LogP contribution in [0.4, 0.5) is 0 Å². The van der Waals surface area contributed by atoms with Crippen molar-refractivity contribution >= 4 is 37.6 Å². The van der Waals surface area contributed by atoms with Gasteiger partial charge in [-0.15, -0.1) is 11.6 Å². The van der Waals surface area contributed by atoms with Crippen LogP contribution in [0.3, 0.4) is 0 Å². The van der Waals surface area contributed by atoms with Crippen LogP contribution >= 0.6 is 27.5 Å². The van der Waals surface area contributed by atoms with Crippen LogP contribution < -0.4 is 0 Å². The lowest BCUT2D eigenvalue weighted by molar-refractivity contribution is 0.196. The third-order valence-electron chi connectivity index (χ3n) is 3.91. The second-order valence-electron chi connectivity index (χ2n) is 5.17. The third kappa shape index (κ3) is 3.62. The molecule has 4 nitrogen and oxygen atoms in total. The van der Waals surface area contributed by atoms with Crippen LogP contribution in [0.1, 0.15) is 18.1 Å². The number of piperazine rings is 1. The minimum Gasteiger partial charge on any atom is -0.301 e. The lowest BCUT2D eigenvalue weighted by Crippen LogP contribution is -2.48. The summed E-state index contributed by atoms with van der Waals surface area (Å²) in [5.41, 5.74) is 1.54. The average molecular weight is 396 g/mol. The van der Waals surface area contributed by atoms with E-state index in [9.17, 15) is 8.42 Å². The molecule has 1 fully saturated rings. The van der Waals surface area contributed by atoms with E-state index in [2.05, 4.69) is 27.8 Å². The van der Waals surface area contributed by atoms with Crippen molar-refractivity contribution in [3.8, 4) is 0 Å². The molecule has 1 saturated heterocycles. The molecule has 1 heterocycles. The van der Waals surface area contributed by atoms with Crippen molar-refractivity contribution in [2.24, 2.45) is 0 Å². The van der Waals surface area contributed by atoms with Gasteiger partial charge in [0.1, 0.15) is 0 Å². The molecule has 0 aliphatic carbocycles. The van der Waals surface area contributed by atoms with Gasteiger partial charge in [-0.05, 0) is 36.7 Å². The molecule has 1 aliphatic heterocycles. The Morgan fingerprint density at radius 1 is 1.24 bits per heavy atom. The number of halogens is 2. The predicted molar refractivity (Wildman–Crippen MR) is 89.3 cm³/mol. The molecule has 2 rings (SSSR count). The molecule has 0 amide bonds. The van der Waals surface area contributed by atoms with Crippen LogP contribution in [-0.4, -0.2) is 50.3 Å². The van der Waals surface area contributed by atoms with E-state index in [0.717, 1.165) is 35.2 Å². The Kier molecular flexibility index (Phi) is 5.71. The van der Waals surface area contributed by atoms with Crippen molar-refractivity contribution in [1.82, 2.24) is 9.21 Å². The minimum absolute atomic E-state index is 0.297. The molecule has 0 atom stereocenters. The molecule has 0 radical (unpaired) electrons. The van der Waals surface area contributed by atoms with Gasteiger partial charge >= 0.3 is 0 Å². The number of benzene rings is 1. The molecule has 7 heteroatoms. The Bertz CT molecular complexity index is 614. The first-order valence-corrected chi connectivity index (χ1v) is 9.74. The Morgan fingerprint density at radius 3 is 2.38 bits per heavy atom. The molecule has 0 spiro atoms. The second kappa shape index (κ2) is 6.96. The lowest BCUT2D eigenvalue weighted by atomic mass is 10.2. The van der Waals surface area contributed by atoms with Crippen molar-refractivity contribution in [3.05, 3.63) is 27.7 Å². The van der Waals surface area contributed by atoms with E-state index >= 15 is 0 Å². The number of nitrogens with zero attached hydrogens (tertiary/aromatic N) is 2.